The van der Waals surface area contributed by atoms with Gasteiger partial charge in [-0.05, 0) is 0 Å². The number of fused-ring (bicyclic) bond motifs is 3. The van der Waals surface area contributed by atoms with E-state index in [9.17, 15) is 4.79 Å². The fourth-order valence-corrected chi connectivity index (χ4v) is 12.9. The molecule has 0 spiro atoms. The monoisotopic (exact) mass is 386 g/mol. The summed E-state index contributed by atoms with van der Waals surface area (Å²) in [6, 6.07) is 17.4. The van der Waals surface area contributed by atoms with E-state index < -0.39 is 24.0 Å². The van der Waals surface area contributed by atoms with Crippen molar-refractivity contribution >= 4 is 13.1 Å². The van der Waals surface area contributed by atoms with Gasteiger partial charge < -0.3 is 24.8 Å². The first kappa shape index (κ1) is 19.5. The largest absolute Gasteiger partial charge is 1.00 e. The predicted octanol–water partition coefficient (Wildman–Crippen LogP) is -2.97. The van der Waals surface area contributed by atoms with Gasteiger partial charge in [-0.15, -0.1) is 0 Å². The van der Waals surface area contributed by atoms with Crippen molar-refractivity contribution < 1.29 is 47.0 Å². The summed E-state index contributed by atoms with van der Waals surface area (Å²) in [5.41, 5.74) is 5.58. The van der Waals surface area contributed by atoms with Gasteiger partial charge in [-0.1, -0.05) is 0 Å². The zero-order chi connectivity index (χ0) is 14.1. The van der Waals surface area contributed by atoms with Crippen LogP contribution in [0.15, 0.2) is 48.5 Å². The molecule has 3 rings (SSSR count). The van der Waals surface area contributed by atoms with Crippen LogP contribution in [0.4, 0.5) is 0 Å². The maximum Gasteiger partial charge on any atom is -1.00 e. The van der Waals surface area contributed by atoms with Gasteiger partial charge in [0.05, 0.1) is 0 Å². The number of rotatable bonds is 4. The average Bonchev–Trinajstić information content (AvgIpc) is 2.79. The molecular weight excluding hydrogens is 369 g/mol. The van der Waals surface area contributed by atoms with Gasteiger partial charge in [0, 0.05) is 0 Å². The fourth-order valence-electron chi connectivity index (χ4n) is 3.14. The number of benzene rings is 2. The van der Waals surface area contributed by atoms with Crippen molar-refractivity contribution in [3.63, 3.8) is 0 Å². The molecule has 0 heterocycles. The molecule has 6 heteroatoms. The van der Waals surface area contributed by atoms with E-state index >= 15 is 0 Å². The van der Waals surface area contributed by atoms with Gasteiger partial charge in [0.1, 0.15) is 0 Å². The zero-order valence-corrected chi connectivity index (χ0v) is 16.7. The number of hydrogen-bond acceptors (Lipinski definition) is 1. The first-order chi connectivity index (χ1) is 9.74. The molecule has 115 valence electrons. The maximum atomic E-state index is 11.1. The van der Waals surface area contributed by atoms with Crippen LogP contribution in [-0.2, 0) is 22.2 Å². The van der Waals surface area contributed by atoms with E-state index in [1.165, 1.54) is 22.3 Å². The average molecular weight is 387 g/mol. The first-order valence-electron chi connectivity index (χ1n) is 6.99. The Hall–Kier alpha value is -0.579. The Labute approximate surface area is 151 Å². The van der Waals surface area contributed by atoms with Crippen LogP contribution in [0.25, 0.3) is 11.1 Å². The van der Waals surface area contributed by atoms with Crippen LogP contribution in [0.1, 0.15) is 15.3 Å². The quantitative estimate of drug-likeness (QED) is 0.441. The predicted molar refractivity (Wildman–Crippen MR) is 81.8 cm³/mol. The van der Waals surface area contributed by atoms with Crippen LogP contribution in [0.3, 0.4) is 0 Å². The number of carbonyl (C=O) groups is 1. The van der Waals surface area contributed by atoms with E-state index in [-0.39, 0.29) is 24.8 Å². The van der Waals surface area contributed by atoms with Gasteiger partial charge in [-0.25, -0.2) is 0 Å². The maximum absolute atomic E-state index is 11.1. The van der Waals surface area contributed by atoms with Gasteiger partial charge in [-0.2, -0.15) is 0 Å². The molecule has 1 amide bonds. The molecule has 2 aromatic carbocycles. The van der Waals surface area contributed by atoms with E-state index in [2.05, 4.69) is 65.4 Å². The second kappa shape index (κ2) is 8.32. The molecule has 1 N–H and O–H groups in total. The molecule has 0 fully saturated rings. The van der Waals surface area contributed by atoms with Crippen LogP contribution >= 0.6 is 0 Å². The standard InChI is InChI=1S/C13H9.C2H7Si.CH3NO.2ClH.Ti/c1-3-7-12-10(5-1)9-11-6-2-4-8-13(11)12;1-3-2;2-1-3;;;/h1-9H;3H,1-2H3;1H,(H2,2,3);2*1H;/q;;;;;+3/p-3. The zero-order valence-electron chi connectivity index (χ0n) is 12.5. The van der Waals surface area contributed by atoms with Gasteiger partial charge in [0.15, 0.2) is 0 Å². The number of hydrogen-bond donors (Lipinski definition) is 1. The molecule has 1 aliphatic carbocycles. The normalized spacial score (nSPS) is 11.8. The minimum atomic E-state index is -1.63. The summed E-state index contributed by atoms with van der Waals surface area (Å²) >= 11 is -1.63. The SMILES string of the molecule is C[SiH](C)[Ti+2]([NH]C=O)[CH]1c2ccccc2-c2ccccc21.[Cl-].[Cl-]. The minimum Gasteiger partial charge on any atom is -1.00 e. The Balaban J connectivity index is 0.00000121. The van der Waals surface area contributed by atoms with Crippen molar-refractivity contribution in [1.29, 1.82) is 0 Å². The summed E-state index contributed by atoms with van der Waals surface area (Å²) in [6.07, 6.45) is 0.936. The van der Waals surface area contributed by atoms with Crippen molar-refractivity contribution in [2.75, 3.05) is 0 Å². The summed E-state index contributed by atoms with van der Waals surface area (Å²) in [4.78, 5) is 11.1. The summed E-state index contributed by atoms with van der Waals surface area (Å²) < 4.78 is 3.73. The summed E-state index contributed by atoms with van der Waals surface area (Å²) in [6.45, 7) is 3.89. The van der Waals surface area contributed by atoms with E-state index in [1.54, 1.807) is 0 Å². The number of nitrogens with one attached hydrogen (secondary N) is 1. The molecule has 2 aromatic rings. The van der Waals surface area contributed by atoms with Crippen LogP contribution in [-0.4, -0.2) is 13.1 Å². The Morgan fingerprint density at radius 2 is 1.41 bits per heavy atom. The molecule has 0 bridgehead atoms. The van der Waals surface area contributed by atoms with Crippen LogP contribution < -0.4 is 28.6 Å². The summed E-state index contributed by atoms with van der Waals surface area (Å²) in [5, 5.41) is 0. The van der Waals surface area contributed by atoms with Crippen molar-refractivity contribution in [1.82, 2.24) is 3.80 Å². The Morgan fingerprint density at radius 3 is 1.82 bits per heavy atom. The third kappa shape index (κ3) is 3.34. The fraction of sp³-hybridized carbons (Fsp3) is 0.188. The Kier molecular flexibility index (Phi) is 7.37. The van der Waals surface area contributed by atoms with Gasteiger partial charge in [-0.3, -0.25) is 0 Å². The van der Waals surface area contributed by atoms with Crippen LogP contribution in [0, 0.1) is 0 Å². The third-order valence-electron chi connectivity index (χ3n) is 3.99. The number of halogens is 2. The van der Waals surface area contributed by atoms with Crippen molar-refractivity contribution in [3.05, 3.63) is 59.7 Å². The summed E-state index contributed by atoms with van der Waals surface area (Å²) in [7, 11) is 0. The Bertz CT molecular complexity index is 608. The molecule has 0 saturated carbocycles. The van der Waals surface area contributed by atoms with Gasteiger partial charge >= 0.3 is 127 Å². The smallest absolute Gasteiger partial charge is 1.00 e. The van der Waals surface area contributed by atoms with Gasteiger partial charge in [0.25, 0.3) is 0 Å². The van der Waals surface area contributed by atoms with Crippen LogP contribution in [0.2, 0.25) is 13.1 Å². The van der Waals surface area contributed by atoms with Crippen molar-refractivity contribution in [2.24, 2.45) is 0 Å². The van der Waals surface area contributed by atoms with E-state index in [0.717, 1.165) is 6.41 Å². The first-order valence-corrected chi connectivity index (χ1v) is 14.3. The van der Waals surface area contributed by atoms with Crippen molar-refractivity contribution in [2.45, 2.75) is 17.3 Å². The van der Waals surface area contributed by atoms with Crippen molar-refractivity contribution in [3.8, 4) is 11.1 Å². The second-order valence-electron chi connectivity index (χ2n) is 5.48. The molecule has 0 unspecified atom stereocenters. The number of amides is 1. The second-order valence-corrected chi connectivity index (χ2v) is 18.5. The summed E-state index contributed by atoms with van der Waals surface area (Å²) in [5.74, 6) is 0. The van der Waals surface area contributed by atoms with E-state index in [4.69, 9.17) is 0 Å². The Morgan fingerprint density at radius 1 is 0.955 bits per heavy atom. The molecule has 0 aromatic heterocycles. The molecule has 1 aliphatic rings. The molecule has 0 saturated heterocycles. The topological polar surface area (TPSA) is 29.1 Å². The van der Waals surface area contributed by atoms with Gasteiger partial charge in [0.2, 0.25) is 0 Å². The molecule has 0 aliphatic heterocycles. The molecular formula is C16H18Cl2NOSiTi. The molecule has 0 radical (unpaired) electrons. The van der Waals surface area contributed by atoms with Crippen LogP contribution in [0.5, 0.6) is 0 Å². The minimum absolute atomic E-state index is 0. The molecule has 22 heavy (non-hydrogen) atoms. The third-order valence-corrected chi connectivity index (χ3v) is 15.8. The molecule has 2 nitrogen and oxygen atoms in total. The van der Waals surface area contributed by atoms with E-state index in [0.29, 0.717) is 4.22 Å². The number of carbonyl (C=O) groups excluding carboxylic acids is 1. The molecule has 0 atom stereocenters. The van der Waals surface area contributed by atoms with E-state index in [1.807, 2.05) is 0 Å².